The van der Waals surface area contributed by atoms with Gasteiger partial charge in [-0.1, -0.05) is 5.21 Å². The molecule has 0 saturated carbocycles. The lowest BCUT2D eigenvalue weighted by atomic mass is 9.92. The summed E-state index contributed by atoms with van der Waals surface area (Å²) in [7, 11) is 0. The van der Waals surface area contributed by atoms with E-state index in [1.54, 1.807) is 6.20 Å². The van der Waals surface area contributed by atoms with E-state index in [0.717, 1.165) is 6.08 Å². The summed E-state index contributed by atoms with van der Waals surface area (Å²) in [5.74, 6) is -3.22. The van der Waals surface area contributed by atoms with Gasteiger partial charge in [-0.25, -0.2) is 9.59 Å². The lowest BCUT2D eigenvalue weighted by Crippen LogP contribution is -2.65. The minimum absolute atomic E-state index is 0.0732. The first-order valence-electron chi connectivity index (χ1n) is 10.2. The maximum absolute atomic E-state index is 12.4. The normalized spacial score (nSPS) is 21.3. The summed E-state index contributed by atoms with van der Waals surface area (Å²) in [5, 5.41) is 51.9. The van der Waals surface area contributed by atoms with Gasteiger partial charge in [0.05, 0.1) is 31.4 Å². The third-order valence-corrected chi connectivity index (χ3v) is 4.69. The maximum Gasteiger partial charge on any atom is 0.407 e. The number of aromatic nitrogens is 3. The molecule has 0 unspecified atom stereocenters. The Morgan fingerprint density at radius 2 is 2.09 bits per heavy atom. The molecule has 0 radical (unpaired) electrons. The molecule has 9 N–H and O–H groups in total. The van der Waals surface area contributed by atoms with Crippen LogP contribution < -0.4 is 21.7 Å². The number of carbonyl (C=O) groups excluding carboxylic acids is 2. The highest BCUT2D eigenvalue weighted by Crippen LogP contribution is 2.25. The van der Waals surface area contributed by atoms with Gasteiger partial charge in [-0.2, -0.15) is 0 Å². The summed E-state index contributed by atoms with van der Waals surface area (Å²) in [5.41, 5.74) is 5.80. The van der Waals surface area contributed by atoms with Crippen molar-refractivity contribution < 1.29 is 39.2 Å². The number of ether oxygens (including phenoxy) is 2. The second kappa shape index (κ2) is 11.8. The molecule has 0 fully saturated rings. The van der Waals surface area contributed by atoms with Gasteiger partial charge in [0.25, 0.3) is 0 Å². The van der Waals surface area contributed by atoms with Crippen molar-refractivity contribution in [3.63, 3.8) is 0 Å². The standard InChI is InChI=1S/C18H28N8O8/c1-3-26-6-9(24-25-26)5-21-18(32)34-14(11(29)7-27)15-13(22-8(2)28)10(23-17(19)20)4-12(33-15)16(30)31/h4,6,10-11,13-15,27,29H,3,5,7H2,1-2H3,(H,21,32)(H,22,28)(H,30,31)(H4,19,20,23)/t10-,11+,13+,14+,15+/m0/s1. The second-order valence-electron chi connectivity index (χ2n) is 7.27. The van der Waals surface area contributed by atoms with Gasteiger partial charge in [-0.05, 0) is 13.0 Å². The van der Waals surface area contributed by atoms with Crippen LogP contribution in [0, 0.1) is 5.41 Å². The van der Waals surface area contributed by atoms with Crippen LogP contribution in [-0.4, -0.2) is 91.2 Å². The molecule has 1 aliphatic heterocycles. The van der Waals surface area contributed by atoms with Crippen LogP contribution >= 0.6 is 0 Å². The van der Waals surface area contributed by atoms with Crippen LogP contribution in [0.25, 0.3) is 0 Å². The summed E-state index contributed by atoms with van der Waals surface area (Å²) in [4.78, 5) is 35.8. The summed E-state index contributed by atoms with van der Waals surface area (Å²) >= 11 is 0. The summed E-state index contributed by atoms with van der Waals surface area (Å²) < 4.78 is 12.2. The molecule has 2 heterocycles. The van der Waals surface area contributed by atoms with Gasteiger partial charge in [0.2, 0.25) is 11.7 Å². The largest absolute Gasteiger partial charge is 0.477 e. The Morgan fingerprint density at radius 3 is 2.62 bits per heavy atom. The highest BCUT2D eigenvalue weighted by molar-refractivity contribution is 5.85. The monoisotopic (exact) mass is 484 g/mol. The van der Waals surface area contributed by atoms with E-state index in [0.29, 0.717) is 12.2 Å². The number of rotatable bonds is 10. The lowest BCUT2D eigenvalue weighted by molar-refractivity contribution is -0.146. The number of hydrogen-bond acceptors (Lipinski definition) is 10. The van der Waals surface area contributed by atoms with Crippen LogP contribution in [0.3, 0.4) is 0 Å². The van der Waals surface area contributed by atoms with Gasteiger partial charge in [0.1, 0.15) is 11.8 Å². The van der Waals surface area contributed by atoms with Crippen LogP contribution in [0.2, 0.25) is 0 Å². The van der Waals surface area contributed by atoms with E-state index < -0.39 is 66.7 Å². The molecule has 0 aromatic carbocycles. The van der Waals surface area contributed by atoms with E-state index in [1.165, 1.54) is 11.6 Å². The first-order chi connectivity index (χ1) is 16.0. The number of aryl methyl sites for hydroxylation is 1. The number of carboxylic acids is 1. The molecule has 0 saturated heterocycles. The van der Waals surface area contributed by atoms with E-state index in [2.05, 4.69) is 26.3 Å². The highest BCUT2D eigenvalue weighted by atomic mass is 16.6. The number of aliphatic carboxylic acids is 1. The summed E-state index contributed by atoms with van der Waals surface area (Å²) in [6, 6.07) is -2.25. The molecule has 1 aromatic heterocycles. The van der Waals surface area contributed by atoms with Gasteiger partial charge < -0.3 is 46.5 Å². The minimum atomic E-state index is -1.72. The number of alkyl carbamates (subject to hydrolysis) is 1. The highest BCUT2D eigenvalue weighted by Gasteiger charge is 2.46. The molecule has 0 spiro atoms. The van der Waals surface area contributed by atoms with Crippen LogP contribution in [0.1, 0.15) is 19.5 Å². The van der Waals surface area contributed by atoms with Gasteiger partial charge in [-0.3, -0.25) is 14.9 Å². The van der Waals surface area contributed by atoms with Crippen LogP contribution in [-0.2, 0) is 32.2 Å². The Balaban J connectivity index is 2.29. The van der Waals surface area contributed by atoms with Crippen molar-refractivity contribution in [1.82, 2.24) is 30.9 Å². The number of nitrogens with one attached hydrogen (secondary N) is 4. The number of hydrogen-bond donors (Lipinski definition) is 8. The first-order valence-corrected chi connectivity index (χ1v) is 10.2. The van der Waals surface area contributed by atoms with E-state index in [9.17, 15) is 29.7 Å². The molecule has 16 nitrogen and oxygen atoms in total. The van der Waals surface area contributed by atoms with Crippen LogP contribution in [0.5, 0.6) is 0 Å². The van der Waals surface area contributed by atoms with Gasteiger partial charge in [0.15, 0.2) is 18.2 Å². The number of amides is 2. The van der Waals surface area contributed by atoms with Crippen LogP contribution in [0.4, 0.5) is 4.79 Å². The first kappa shape index (κ1) is 26.3. The zero-order chi connectivity index (χ0) is 25.4. The fraction of sp³-hybridized carbons (Fsp3) is 0.556. The Labute approximate surface area is 193 Å². The zero-order valence-electron chi connectivity index (χ0n) is 18.5. The van der Waals surface area contributed by atoms with Gasteiger partial charge in [-0.15, -0.1) is 5.10 Å². The number of carboxylic acid groups (broad SMARTS) is 1. The topological polar surface area (TPSA) is 247 Å². The summed E-state index contributed by atoms with van der Waals surface area (Å²) in [6.07, 6.45) is -3.24. The Kier molecular flexibility index (Phi) is 9.14. The Bertz CT molecular complexity index is 935. The number of aliphatic hydroxyl groups is 2. The van der Waals surface area contributed by atoms with Crippen molar-refractivity contribution in [2.45, 2.75) is 57.3 Å². The molecule has 188 valence electrons. The maximum atomic E-state index is 12.4. The molecule has 0 aliphatic carbocycles. The van der Waals surface area contributed by atoms with Gasteiger partial charge >= 0.3 is 12.1 Å². The molecule has 2 rings (SSSR count). The molecule has 16 heteroatoms. The fourth-order valence-corrected chi connectivity index (χ4v) is 3.21. The van der Waals surface area contributed by atoms with Crippen LogP contribution in [0.15, 0.2) is 18.0 Å². The molecule has 1 aromatic rings. The molecule has 2 amide bonds. The molecular weight excluding hydrogens is 456 g/mol. The zero-order valence-corrected chi connectivity index (χ0v) is 18.5. The van der Waals surface area contributed by atoms with Crippen molar-refractivity contribution >= 4 is 23.9 Å². The molecule has 34 heavy (non-hydrogen) atoms. The van der Waals surface area contributed by atoms with E-state index in [1.807, 2.05) is 6.92 Å². The van der Waals surface area contributed by atoms with E-state index >= 15 is 0 Å². The minimum Gasteiger partial charge on any atom is -0.477 e. The SMILES string of the molecule is CCn1cc(CNC(=O)O[C@@H]([C@@H]2OC(C(=O)O)=C[C@H](NC(=N)N)[C@H]2NC(C)=O)[C@H](O)CO)nn1. The predicted molar refractivity (Wildman–Crippen MR) is 113 cm³/mol. The van der Waals surface area contributed by atoms with E-state index in [4.69, 9.17) is 20.6 Å². The molecule has 5 atom stereocenters. The number of aliphatic hydroxyl groups excluding tert-OH is 2. The number of nitrogens with two attached hydrogens (primary N) is 1. The predicted octanol–water partition coefficient (Wildman–Crippen LogP) is -3.03. The second-order valence-corrected chi connectivity index (χ2v) is 7.27. The average molecular weight is 484 g/mol. The third kappa shape index (κ3) is 7.04. The van der Waals surface area contributed by atoms with Crippen molar-refractivity contribution in [3.05, 3.63) is 23.7 Å². The lowest BCUT2D eigenvalue weighted by Gasteiger charge is -2.41. The number of guanidine groups is 1. The Morgan fingerprint density at radius 1 is 1.38 bits per heavy atom. The van der Waals surface area contributed by atoms with Crippen molar-refractivity contribution in [1.29, 1.82) is 5.41 Å². The number of nitrogens with zero attached hydrogens (tertiary/aromatic N) is 3. The average Bonchev–Trinajstić information content (AvgIpc) is 3.24. The van der Waals surface area contributed by atoms with Crippen molar-refractivity contribution in [2.75, 3.05) is 6.61 Å². The quantitative estimate of drug-likeness (QED) is 0.122. The molecule has 1 aliphatic rings. The number of carbonyl (C=O) groups is 3. The molecular formula is C18H28N8O8. The van der Waals surface area contributed by atoms with Crippen molar-refractivity contribution in [3.8, 4) is 0 Å². The smallest absolute Gasteiger partial charge is 0.407 e. The summed E-state index contributed by atoms with van der Waals surface area (Å²) in [6.45, 7) is 2.64. The Hall–Kier alpha value is -3.92. The van der Waals surface area contributed by atoms with E-state index in [-0.39, 0.29) is 6.54 Å². The third-order valence-electron chi connectivity index (χ3n) is 4.69. The fourth-order valence-electron chi connectivity index (χ4n) is 3.21. The van der Waals surface area contributed by atoms with Gasteiger partial charge in [0, 0.05) is 13.5 Å². The van der Waals surface area contributed by atoms with Crippen molar-refractivity contribution in [2.24, 2.45) is 5.73 Å². The molecule has 0 bridgehead atoms.